The van der Waals surface area contributed by atoms with Crippen LogP contribution in [0.4, 0.5) is 18.9 Å². The molecule has 0 spiro atoms. The minimum absolute atomic E-state index is 0.224. The fraction of sp³-hybridized carbons (Fsp3) is 0.263. The van der Waals surface area contributed by atoms with Crippen LogP contribution in [0, 0.1) is 24.4 Å². The maximum atomic E-state index is 13.6. The van der Waals surface area contributed by atoms with Crippen molar-refractivity contribution in [2.24, 2.45) is 4.99 Å². The first-order valence-electron chi connectivity index (χ1n) is 8.41. The SMILES string of the molecule is CCNC(=NCc1ccc(C)cc1)NCC(=O)Nc1ccc(F)c(F)c1F. The lowest BCUT2D eigenvalue weighted by Crippen LogP contribution is -2.41. The predicted octanol–water partition coefficient (Wildman–Crippen LogP) is 3.11. The van der Waals surface area contributed by atoms with Gasteiger partial charge in [0.1, 0.15) is 0 Å². The zero-order chi connectivity index (χ0) is 19.8. The number of aliphatic imine (C=N–C) groups is 1. The van der Waals surface area contributed by atoms with Crippen LogP contribution in [0.2, 0.25) is 0 Å². The maximum Gasteiger partial charge on any atom is 0.243 e. The molecule has 0 radical (unpaired) electrons. The number of halogens is 3. The predicted molar refractivity (Wildman–Crippen MR) is 98.9 cm³/mol. The van der Waals surface area contributed by atoms with Crippen LogP contribution in [0.15, 0.2) is 41.4 Å². The van der Waals surface area contributed by atoms with Crippen LogP contribution in [0.5, 0.6) is 0 Å². The Morgan fingerprint density at radius 1 is 1.00 bits per heavy atom. The second-order valence-electron chi connectivity index (χ2n) is 5.81. The summed E-state index contributed by atoms with van der Waals surface area (Å²) in [6.45, 7) is 4.64. The largest absolute Gasteiger partial charge is 0.357 e. The van der Waals surface area contributed by atoms with Crippen LogP contribution in [0.25, 0.3) is 0 Å². The van der Waals surface area contributed by atoms with Crippen molar-refractivity contribution in [2.75, 3.05) is 18.4 Å². The molecule has 0 saturated heterocycles. The Hall–Kier alpha value is -3.03. The molecule has 2 rings (SSSR count). The Balaban J connectivity index is 1.94. The Bertz CT molecular complexity index is 822. The normalized spacial score (nSPS) is 11.2. The van der Waals surface area contributed by atoms with Crippen molar-refractivity contribution >= 4 is 17.6 Å². The summed E-state index contributed by atoms with van der Waals surface area (Å²) in [6, 6.07) is 9.59. The lowest BCUT2D eigenvalue weighted by molar-refractivity contribution is -0.115. The monoisotopic (exact) mass is 378 g/mol. The topological polar surface area (TPSA) is 65.5 Å². The van der Waals surface area contributed by atoms with E-state index in [-0.39, 0.29) is 6.54 Å². The molecule has 0 aromatic heterocycles. The molecule has 1 amide bonds. The lowest BCUT2D eigenvalue weighted by atomic mass is 10.1. The van der Waals surface area contributed by atoms with Crippen molar-refractivity contribution in [3.8, 4) is 0 Å². The zero-order valence-corrected chi connectivity index (χ0v) is 15.1. The molecule has 2 aromatic carbocycles. The van der Waals surface area contributed by atoms with Crippen LogP contribution in [0.1, 0.15) is 18.1 Å². The number of nitrogens with one attached hydrogen (secondary N) is 3. The van der Waals surface area contributed by atoms with Gasteiger partial charge in [-0.25, -0.2) is 18.2 Å². The Morgan fingerprint density at radius 3 is 2.37 bits per heavy atom. The van der Waals surface area contributed by atoms with Crippen LogP contribution in [0.3, 0.4) is 0 Å². The van der Waals surface area contributed by atoms with E-state index in [9.17, 15) is 18.0 Å². The summed E-state index contributed by atoms with van der Waals surface area (Å²) in [5.41, 5.74) is 1.72. The van der Waals surface area contributed by atoms with Gasteiger partial charge in [0.15, 0.2) is 23.4 Å². The number of amides is 1. The molecule has 0 bridgehead atoms. The number of carbonyl (C=O) groups is 1. The van der Waals surface area contributed by atoms with Gasteiger partial charge in [0.25, 0.3) is 0 Å². The summed E-state index contributed by atoms with van der Waals surface area (Å²) >= 11 is 0. The number of rotatable bonds is 6. The average molecular weight is 378 g/mol. The van der Waals surface area contributed by atoms with Crippen LogP contribution in [-0.2, 0) is 11.3 Å². The quantitative estimate of drug-likeness (QED) is 0.411. The van der Waals surface area contributed by atoms with Gasteiger partial charge in [-0.1, -0.05) is 29.8 Å². The summed E-state index contributed by atoms with van der Waals surface area (Å²) in [7, 11) is 0. The van der Waals surface area contributed by atoms with Crippen LogP contribution >= 0.6 is 0 Å². The van der Waals surface area contributed by atoms with E-state index in [2.05, 4.69) is 20.9 Å². The van der Waals surface area contributed by atoms with Gasteiger partial charge in [0.2, 0.25) is 5.91 Å². The van der Waals surface area contributed by atoms with Crippen molar-refractivity contribution in [1.82, 2.24) is 10.6 Å². The van der Waals surface area contributed by atoms with E-state index in [0.29, 0.717) is 19.0 Å². The van der Waals surface area contributed by atoms with Gasteiger partial charge in [0, 0.05) is 6.54 Å². The van der Waals surface area contributed by atoms with E-state index in [1.807, 2.05) is 38.1 Å². The highest BCUT2D eigenvalue weighted by Gasteiger charge is 2.15. The Kier molecular flexibility index (Phi) is 7.22. The summed E-state index contributed by atoms with van der Waals surface area (Å²) in [5, 5.41) is 7.98. The van der Waals surface area contributed by atoms with Gasteiger partial charge < -0.3 is 16.0 Å². The molecular formula is C19H21F3N4O. The van der Waals surface area contributed by atoms with Gasteiger partial charge >= 0.3 is 0 Å². The van der Waals surface area contributed by atoms with Crippen molar-refractivity contribution in [1.29, 1.82) is 0 Å². The fourth-order valence-electron chi connectivity index (χ4n) is 2.19. The molecule has 0 heterocycles. The molecule has 3 N–H and O–H groups in total. The van der Waals surface area contributed by atoms with Crippen molar-refractivity contribution in [3.63, 3.8) is 0 Å². The minimum Gasteiger partial charge on any atom is -0.357 e. The molecule has 0 aliphatic heterocycles. The first-order chi connectivity index (χ1) is 12.9. The Morgan fingerprint density at radius 2 is 1.70 bits per heavy atom. The zero-order valence-electron chi connectivity index (χ0n) is 15.1. The van der Waals surface area contributed by atoms with Gasteiger partial charge in [0.05, 0.1) is 18.8 Å². The van der Waals surface area contributed by atoms with E-state index in [1.165, 1.54) is 0 Å². The van der Waals surface area contributed by atoms with E-state index in [0.717, 1.165) is 23.3 Å². The third-order valence-electron chi connectivity index (χ3n) is 3.61. The number of hydrogen-bond acceptors (Lipinski definition) is 2. The maximum absolute atomic E-state index is 13.6. The number of hydrogen-bond donors (Lipinski definition) is 3. The van der Waals surface area contributed by atoms with E-state index in [4.69, 9.17) is 0 Å². The summed E-state index contributed by atoms with van der Waals surface area (Å²) in [4.78, 5) is 16.3. The summed E-state index contributed by atoms with van der Waals surface area (Å²) in [5.74, 6) is -4.61. The number of nitrogens with zero attached hydrogens (tertiary/aromatic N) is 1. The number of aryl methyl sites for hydroxylation is 1. The number of anilines is 1. The van der Waals surface area contributed by atoms with Gasteiger partial charge in [-0.2, -0.15) is 0 Å². The second-order valence-corrected chi connectivity index (χ2v) is 5.81. The molecule has 0 atom stereocenters. The number of benzene rings is 2. The smallest absolute Gasteiger partial charge is 0.243 e. The molecule has 27 heavy (non-hydrogen) atoms. The van der Waals surface area contributed by atoms with Gasteiger partial charge in [-0.05, 0) is 31.5 Å². The third kappa shape index (κ3) is 6.02. The first kappa shape index (κ1) is 20.3. The molecule has 0 aliphatic carbocycles. The van der Waals surface area contributed by atoms with Crippen molar-refractivity contribution in [3.05, 3.63) is 65.0 Å². The number of carbonyl (C=O) groups excluding carboxylic acids is 1. The van der Waals surface area contributed by atoms with Crippen LogP contribution < -0.4 is 16.0 Å². The molecule has 2 aromatic rings. The number of guanidine groups is 1. The molecule has 0 fully saturated rings. The van der Waals surface area contributed by atoms with Gasteiger partial charge in [-0.15, -0.1) is 0 Å². The van der Waals surface area contributed by atoms with E-state index >= 15 is 0 Å². The van der Waals surface area contributed by atoms with E-state index < -0.39 is 29.0 Å². The first-order valence-corrected chi connectivity index (χ1v) is 8.41. The molecule has 0 unspecified atom stereocenters. The van der Waals surface area contributed by atoms with Gasteiger partial charge in [-0.3, -0.25) is 4.79 Å². The molecule has 0 saturated carbocycles. The van der Waals surface area contributed by atoms with E-state index in [1.54, 1.807) is 0 Å². The molecule has 144 valence electrons. The third-order valence-corrected chi connectivity index (χ3v) is 3.61. The lowest BCUT2D eigenvalue weighted by Gasteiger charge is -2.12. The fourth-order valence-corrected chi connectivity index (χ4v) is 2.19. The average Bonchev–Trinajstić information content (AvgIpc) is 2.66. The van der Waals surface area contributed by atoms with Crippen LogP contribution in [-0.4, -0.2) is 25.0 Å². The molecule has 5 nitrogen and oxygen atoms in total. The highest BCUT2D eigenvalue weighted by molar-refractivity contribution is 5.95. The Labute approximate surface area is 155 Å². The molecular weight excluding hydrogens is 357 g/mol. The molecule has 0 aliphatic rings. The van der Waals surface area contributed by atoms with Crippen molar-refractivity contribution in [2.45, 2.75) is 20.4 Å². The second kappa shape index (κ2) is 9.61. The standard InChI is InChI=1S/C19H21F3N4O/c1-3-23-19(24-10-13-6-4-12(2)5-7-13)25-11-16(27)26-15-9-8-14(20)17(21)18(15)22/h4-9H,3,10-11H2,1-2H3,(H,26,27)(H2,23,24,25). The highest BCUT2D eigenvalue weighted by Crippen LogP contribution is 2.19. The summed E-state index contributed by atoms with van der Waals surface area (Å²) < 4.78 is 39.7. The molecule has 8 heteroatoms. The highest BCUT2D eigenvalue weighted by atomic mass is 19.2. The van der Waals surface area contributed by atoms with Crippen molar-refractivity contribution < 1.29 is 18.0 Å². The minimum atomic E-state index is -1.63. The summed E-state index contributed by atoms with van der Waals surface area (Å²) in [6.07, 6.45) is 0.